The Hall–Kier alpha value is -1.82. The first kappa shape index (κ1) is 12.6. The van der Waals surface area contributed by atoms with Crippen molar-refractivity contribution in [2.24, 2.45) is 5.73 Å². The number of halogens is 3. The molecule has 2 aromatic rings. The molecular formula is C12H12F3N3. The van der Waals surface area contributed by atoms with Crippen molar-refractivity contribution in [2.75, 3.05) is 0 Å². The highest BCUT2D eigenvalue weighted by Crippen LogP contribution is 2.28. The van der Waals surface area contributed by atoms with Gasteiger partial charge in [0.05, 0.1) is 12.2 Å². The Morgan fingerprint density at radius 2 is 1.89 bits per heavy atom. The number of benzene rings is 1. The van der Waals surface area contributed by atoms with Crippen molar-refractivity contribution in [3.8, 4) is 0 Å². The minimum Gasteiger partial charge on any atom is -0.337 e. The fourth-order valence-corrected chi connectivity index (χ4v) is 1.63. The topological polar surface area (TPSA) is 54.7 Å². The molecule has 0 unspecified atom stereocenters. The summed E-state index contributed by atoms with van der Waals surface area (Å²) in [6.07, 6.45) is -3.22. The fourth-order valence-electron chi connectivity index (χ4n) is 1.63. The second-order valence-electron chi connectivity index (χ2n) is 3.98. The third-order valence-corrected chi connectivity index (χ3v) is 2.55. The van der Waals surface area contributed by atoms with Gasteiger partial charge >= 0.3 is 6.18 Å². The molecule has 0 aliphatic heterocycles. The number of aromatic amines is 1. The van der Waals surface area contributed by atoms with E-state index in [1.807, 2.05) is 30.3 Å². The highest BCUT2D eigenvalue weighted by Gasteiger charge is 2.33. The largest absolute Gasteiger partial charge is 0.432 e. The predicted octanol–water partition coefficient (Wildman–Crippen LogP) is 2.67. The maximum absolute atomic E-state index is 12.4. The van der Waals surface area contributed by atoms with Crippen molar-refractivity contribution in [1.29, 1.82) is 0 Å². The number of nitrogens with one attached hydrogen (secondary N) is 1. The molecule has 3 nitrogen and oxygen atoms in total. The van der Waals surface area contributed by atoms with E-state index in [9.17, 15) is 13.2 Å². The van der Waals surface area contributed by atoms with Crippen LogP contribution >= 0.6 is 0 Å². The van der Waals surface area contributed by atoms with Crippen LogP contribution in [0.25, 0.3) is 0 Å². The normalized spacial score (nSPS) is 13.6. The first-order chi connectivity index (χ1) is 8.47. The van der Waals surface area contributed by atoms with Gasteiger partial charge in [-0.05, 0) is 12.0 Å². The Bertz CT molecular complexity index is 505. The average Bonchev–Trinajstić information content (AvgIpc) is 2.79. The molecule has 0 bridgehead atoms. The van der Waals surface area contributed by atoms with Crippen molar-refractivity contribution < 1.29 is 13.2 Å². The zero-order valence-electron chi connectivity index (χ0n) is 9.41. The third kappa shape index (κ3) is 2.89. The molecule has 1 aromatic carbocycles. The molecule has 0 saturated carbocycles. The zero-order chi connectivity index (χ0) is 13.2. The highest BCUT2D eigenvalue weighted by atomic mass is 19.4. The number of hydrogen-bond acceptors (Lipinski definition) is 2. The Morgan fingerprint density at radius 1 is 1.22 bits per heavy atom. The molecule has 0 radical (unpaired) electrons. The number of rotatable bonds is 3. The number of imidazole rings is 1. The van der Waals surface area contributed by atoms with Gasteiger partial charge in [0.1, 0.15) is 11.5 Å². The van der Waals surface area contributed by atoms with Gasteiger partial charge in [0.25, 0.3) is 0 Å². The highest BCUT2D eigenvalue weighted by molar-refractivity contribution is 5.18. The maximum Gasteiger partial charge on any atom is 0.432 e. The van der Waals surface area contributed by atoms with Crippen LogP contribution in [0, 0.1) is 0 Å². The summed E-state index contributed by atoms with van der Waals surface area (Å²) < 4.78 is 37.1. The van der Waals surface area contributed by atoms with E-state index < -0.39 is 17.9 Å². The molecule has 0 amide bonds. The minimum absolute atomic E-state index is 0.145. The van der Waals surface area contributed by atoms with Crippen LogP contribution in [0.15, 0.2) is 36.5 Å². The van der Waals surface area contributed by atoms with Gasteiger partial charge in [-0.1, -0.05) is 30.3 Å². The van der Waals surface area contributed by atoms with E-state index in [-0.39, 0.29) is 5.82 Å². The second-order valence-corrected chi connectivity index (χ2v) is 3.98. The molecule has 0 saturated heterocycles. The third-order valence-electron chi connectivity index (χ3n) is 2.55. The van der Waals surface area contributed by atoms with Crippen molar-refractivity contribution in [1.82, 2.24) is 9.97 Å². The number of alkyl halides is 3. The Kier molecular flexibility index (Phi) is 3.38. The van der Waals surface area contributed by atoms with Crippen molar-refractivity contribution in [2.45, 2.75) is 18.6 Å². The molecule has 0 aliphatic carbocycles. The van der Waals surface area contributed by atoms with Gasteiger partial charge < -0.3 is 10.7 Å². The van der Waals surface area contributed by atoms with Crippen LogP contribution in [0.3, 0.4) is 0 Å². The van der Waals surface area contributed by atoms with Crippen LogP contribution < -0.4 is 5.73 Å². The smallest absolute Gasteiger partial charge is 0.337 e. The van der Waals surface area contributed by atoms with Crippen LogP contribution in [0.5, 0.6) is 0 Å². The second kappa shape index (κ2) is 4.81. The Morgan fingerprint density at radius 3 is 2.44 bits per heavy atom. The van der Waals surface area contributed by atoms with E-state index in [2.05, 4.69) is 9.97 Å². The lowest BCUT2D eigenvalue weighted by atomic mass is 10.1. The summed E-state index contributed by atoms with van der Waals surface area (Å²) in [5.74, 6) is 0.145. The monoisotopic (exact) mass is 255 g/mol. The van der Waals surface area contributed by atoms with E-state index >= 15 is 0 Å². The van der Waals surface area contributed by atoms with Crippen molar-refractivity contribution in [3.63, 3.8) is 0 Å². The van der Waals surface area contributed by atoms with Gasteiger partial charge in [-0.2, -0.15) is 13.2 Å². The zero-order valence-corrected chi connectivity index (χ0v) is 9.41. The summed E-state index contributed by atoms with van der Waals surface area (Å²) >= 11 is 0. The van der Waals surface area contributed by atoms with Gasteiger partial charge in [0.2, 0.25) is 0 Å². The van der Waals surface area contributed by atoms with Crippen molar-refractivity contribution >= 4 is 0 Å². The molecule has 3 N–H and O–H groups in total. The van der Waals surface area contributed by atoms with E-state index in [0.29, 0.717) is 6.42 Å². The van der Waals surface area contributed by atoms with Crippen LogP contribution in [-0.4, -0.2) is 9.97 Å². The first-order valence-corrected chi connectivity index (χ1v) is 5.38. The molecule has 96 valence electrons. The summed E-state index contributed by atoms with van der Waals surface area (Å²) in [5, 5.41) is 0. The lowest BCUT2D eigenvalue weighted by Crippen LogP contribution is -2.15. The van der Waals surface area contributed by atoms with E-state index in [4.69, 9.17) is 5.73 Å². The van der Waals surface area contributed by atoms with Gasteiger partial charge in [0, 0.05) is 0 Å². The summed E-state index contributed by atoms with van der Waals surface area (Å²) in [5.41, 5.74) is 5.90. The molecule has 1 aromatic heterocycles. The number of nitrogens with two attached hydrogens (primary N) is 1. The Balaban J connectivity index is 2.10. The molecule has 0 fully saturated rings. The number of hydrogen-bond donors (Lipinski definition) is 2. The molecule has 0 spiro atoms. The predicted molar refractivity (Wildman–Crippen MR) is 60.7 cm³/mol. The lowest BCUT2D eigenvalue weighted by Gasteiger charge is -2.09. The van der Waals surface area contributed by atoms with Gasteiger partial charge in [-0.15, -0.1) is 0 Å². The summed E-state index contributed by atoms with van der Waals surface area (Å²) in [4.78, 5) is 5.89. The van der Waals surface area contributed by atoms with Crippen LogP contribution in [0.4, 0.5) is 13.2 Å². The van der Waals surface area contributed by atoms with E-state index in [0.717, 1.165) is 11.8 Å². The SMILES string of the molecule is N[C@H](Cc1ccccc1)c1ncc(C(F)(F)F)[nH]1. The van der Waals surface area contributed by atoms with Gasteiger partial charge in [-0.25, -0.2) is 4.98 Å². The molecule has 0 aliphatic rings. The summed E-state index contributed by atoms with van der Waals surface area (Å²) in [6, 6.07) is 8.73. The molecule has 2 rings (SSSR count). The molecule has 1 atom stereocenters. The maximum atomic E-state index is 12.4. The van der Waals surface area contributed by atoms with Gasteiger partial charge in [0.15, 0.2) is 0 Å². The standard InChI is InChI=1S/C12H12F3N3/c13-12(14,15)10-7-17-11(18-10)9(16)6-8-4-2-1-3-5-8/h1-5,7,9H,6,16H2,(H,17,18)/t9-/m1/s1. The number of aromatic nitrogens is 2. The van der Waals surface area contributed by atoms with Crippen LogP contribution in [0.2, 0.25) is 0 Å². The van der Waals surface area contributed by atoms with Crippen LogP contribution in [-0.2, 0) is 12.6 Å². The summed E-state index contributed by atoms with van der Waals surface area (Å²) in [6.45, 7) is 0. The molecular weight excluding hydrogens is 243 g/mol. The number of nitrogens with zero attached hydrogens (tertiary/aromatic N) is 1. The van der Waals surface area contributed by atoms with Gasteiger partial charge in [-0.3, -0.25) is 0 Å². The minimum atomic E-state index is -4.42. The lowest BCUT2D eigenvalue weighted by molar-refractivity contribution is -0.140. The molecule has 6 heteroatoms. The average molecular weight is 255 g/mol. The number of H-pyrrole nitrogens is 1. The van der Waals surface area contributed by atoms with Crippen molar-refractivity contribution in [3.05, 3.63) is 53.6 Å². The fraction of sp³-hybridized carbons (Fsp3) is 0.250. The first-order valence-electron chi connectivity index (χ1n) is 5.38. The van der Waals surface area contributed by atoms with Crippen LogP contribution in [0.1, 0.15) is 23.1 Å². The molecule has 1 heterocycles. The Labute approximate surface area is 102 Å². The molecule has 18 heavy (non-hydrogen) atoms. The quantitative estimate of drug-likeness (QED) is 0.885. The summed E-state index contributed by atoms with van der Waals surface area (Å²) in [7, 11) is 0. The van der Waals surface area contributed by atoms with E-state index in [1.54, 1.807) is 0 Å². The van der Waals surface area contributed by atoms with E-state index in [1.165, 1.54) is 0 Å².